The number of carbonyl (C=O) groups excluding carboxylic acids is 1. The molecule has 7 heteroatoms. The van der Waals surface area contributed by atoms with Gasteiger partial charge in [-0.25, -0.2) is 0 Å². The number of nitrogens with one attached hydrogen (secondary N) is 1. The smallest absolute Gasteiger partial charge is 0.322 e. The molecule has 23 heavy (non-hydrogen) atoms. The molecule has 0 spiro atoms. The van der Waals surface area contributed by atoms with Gasteiger partial charge in [0.15, 0.2) is 0 Å². The number of hydrogen-bond donors (Lipinski definition) is 1. The van der Waals surface area contributed by atoms with E-state index in [2.05, 4.69) is 20.6 Å². The Morgan fingerprint density at radius 1 is 1.22 bits per heavy atom. The normalized spacial score (nSPS) is 10.7. The molecule has 0 bridgehead atoms. The molecule has 7 nitrogen and oxygen atoms in total. The summed E-state index contributed by atoms with van der Waals surface area (Å²) in [5, 5.41) is 14.5. The maximum Gasteiger partial charge on any atom is 0.322 e. The molecule has 118 valence electrons. The molecule has 2 aromatic heterocycles. The molecular formula is C16H17N5O2. The van der Waals surface area contributed by atoms with E-state index in [0.29, 0.717) is 18.1 Å². The van der Waals surface area contributed by atoms with Gasteiger partial charge in [-0.3, -0.25) is 14.8 Å². The van der Waals surface area contributed by atoms with Crippen LogP contribution in [0.1, 0.15) is 28.5 Å². The third-order valence-corrected chi connectivity index (χ3v) is 3.65. The Morgan fingerprint density at radius 2 is 2.04 bits per heavy atom. The molecule has 3 aromatic rings. The maximum atomic E-state index is 12.2. The van der Waals surface area contributed by atoms with Crippen molar-refractivity contribution in [2.75, 3.05) is 5.32 Å². The van der Waals surface area contributed by atoms with Crippen molar-refractivity contribution in [2.45, 2.75) is 27.3 Å². The minimum atomic E-state index is -0.334. The van der Waals surface area contributed by atoms with Gasteiger partial charge < -0.3 is 4.42 Å². The number of benzene rings is 1. The highest BCUT2D eigenvalue weighted by atomic mass is 16.4. The van der Waals surface area contributed by atoms with Crippen molar-refractivity contribution in [1.82, 2.24) is 20.0 Å². The zero-order chi connectivity index (χ0) is 16.4. The van der Waals surface area contributed by atoms with Crippen LogP contribution in [-0.4, -0.2) is 25.9 Å². The number of aryl methyl sites for hydroxylation is 3. The van der Waals surface area contributed by atoms with Crippen molar-refractivity contribution in [3.8, 4) is 11.5 Å². The van der Waals surface area contributed by atoms with Crippen molar-refractivity contribution in [3.05, 3.63) is 47.3 Å². The standard InChI is InChI=1S/C16H17N5O2/c1-4-21-13(7-8-17-21)14(22)18-16-20-19-15(23-16)12-6-5-10(2)11(3)9-12/h5-9H,4H2,1-3H3,(H,18,20,22). The van der Waals surface area contributed by atoms with Crippen molar-refractivity contribution < 1.29 is 9.21 Å². The minimum absolute atomic E-state index is 0.0621. The summed E-state index contributed by atoms with van der Waals surface area (Å²) in [4.78, 5) is 12.2. The van der Waals surface area contributed by atoms with Crippen LogP contribution in [0.25, 0.3) is 11.5 Å². The second-order valence-corrected chi connectivity index (χ2v) is 5.20. The van der Waals surface area contributed by atoms with Gasteiger partial charge in [-0.2, -0.15) is 5.10 Å². The lowest BCUT2D eigenvalue weighted by molar-refractivity contribution is 0.101. The predicted octanol–water partition coefficient (Wildman–Crippen LogP) is 2.82. The van der Waals surface area contributed by atoms with Gasteiger partial charge >= 0.3 is 6.01 Å². The Morgan fingerprint density at radius 3 is 2.78 bits per heavy atom. The molecule has 0 atom stereocenters. The van der Waals surface area contributed by atoms with E-state index in [4.69, 9.17) is 4.42 Å². The summed E-state index contributed by atoms with van der Waals surface area (Å²) in [7, 11) is 0. The largest absolute Gasteiger partial charge is 0.403 e. The zero-order valence-electron chi connectivity index (χ0n) is 13.2. The van der Waals surface area contributed by atoms with E-state index >= 15 is 0 Å². The second kappa shape index (κ2) is 6.04. The first-order chi connectivity index (χ1) is 11.1. The van der Waals surface area contributed by atoms with E-state index in [1.807, 2.05) is 39.0 Å². The topological polar surface area (TPSA) is 85.8 Å². The fraction of sp³-hybridized carbons (Fsp3) is 0.250. The van der Waals surface area contributed by atoms with Gasteiger partial charge in [0.2, 0.25) is 5.89 Å². The van der Waals surface area contributed by atoms with E-state index in [-0.39, 0.29) is 11.9 Å². The molecule has 1 N–H and O–H groups in total. The number of anilines is 1. The first-order valence-corrected chi connectivity index (χ1v) is 7.32. The van der Waals surface area contributed by atoms with Crippen LogP contribution in [0.4, 0.5) is 6.01 Å². The molecule has 0 aliphatic rings. The third-order valence-electron chi connectivity index (χ3n) is 3.65. The zero-order valence-corrected chi connectivity index (χ0v) is 13.2. The maximum absolute atomic E-state index is 12.2. The quantitative estimate of drug-likeness (QED) is 0.800. The molecule has 0 saturated carbocycles. The molecule has 1 amide bonds. The highest BCUT2D eigenvalue weighted by molar-refractivity contribution is 6.01. The summed E-state index contributed by atoms with van der Waals surface area (Å²) in [6.45, 7) is 6.57. The second-order valence-electron chi connectivity index (χ2n) is 5.20. The number of carbonyl (C=O) groups is 1. The molecule has 2 heterocycles. The van der Waals surface area contributed by atoms with Crippen LogP contribution in [0.2, 0.25) is 0 Å². The van der Waals surface area contributed by atoms with Gasteiger partial charge in [0.1, 0.15) is 5.69 Å². The van der Waals surface area contributed by atoms with E-state index in [1.165, 1.54) is 5.56 Å². The van der Waals surface area contributed by atoms with Crippen LogP contribution in [0.5, 0.6) is 0 Å². The molecule has 0 aliphatic heterocycles. The highest BCUT2D eigenvalue weighted by Crippen LogP contribution is 2.22. The molecule has 0 fully saturated rings. The van der Waals surface area contributed by atoms with E-state index in [1.54, 1.807) is 16.9 Å². The summed E-state index contributed by atoms with van der Waals surface area (Å²) >= 11 is 0. The lowest BCUT2D eigenvalue weighted by Crippen LogP contribution is -2.17. The number of nitrogens with zero attached hydrogens (tertiary/aromatic N) is 4. The monoisotopic (exact) mass is 311 g/mol. The van der Waals surface area contributed by atoms with Gasteiger partial charge in [0.05, 0.1) is 0 Å². The summed E-state index contributed by atoms with van der Waals surface area (Å²) in [6, 6.07) is 7.58. The summed E-state index contributed by atoms with van der Waals surface area (Å²) < 4.78 is 7.12. The Labute approximate surface area is 133 Å². The lowest BCUT2D eigenvalue weighted by Gasteiger charge is -2.03. The Hall–Kier alpha value is -2.96. The van der Waals surface area contributed by atoms with Crippen LogP contribution in [0.15, 0.2) is 34.9 Å². The lowest BCUT2D eigenvalue weighted by atomic mass is 10.1. The summed E-state index contributed by atoms with van der Waals surface area (Å²) in [5.41, 5.74) is 3.59. The molecule has 1 aromatic carbocycles. The van der Waals surface area contributed by atoms with Crippen molar-refractivity contribution in [2.24, 2.45) is 0 Å². The average molecular weight is 311 g/mol. The van der Waals surface area contributed by atoms with Crippen molar-refractivity contribution in [1.29, 1.82) is 0 Å². The molecular weight excluding hydrogens is 294 g/mol. The summed E-state index contributed by atoms with van der Waals surface area (Å²) in [6.07, 6.45) is 1.58. The Bertz CT molecular complexity index is 850. The molecule has 0 unspecified atom stereocenters. The van der Waals surface area contributed by atoms with E-state index in [9.17, 15) is 4.79 Å². The van der Waals surface area contributed by atoms with Crippen LogP contribution in [-0.2, 0) is 6.54 Å². The van der Waals surface area contributed by atoms with Gasteiger partial charge in [0.25, 0.3) is 5.91 Å². The number of rotatable bonds is 4. The molecule has 0 aliphatic carbocycles. The SMILES string of the molecule is CCn1nccc1C(=O)Nc1nnc(-c2ccc(C)c(C)c2)o1. The predicted molar refractivity (Wildman–Crippen MR) is 85.1 cm³/mol. The van der Waals surface area contributed by atoms with Gasteiger partial charge in [-0.05, 0) is 50.1 Å². The molecule has 3 rings (SSSR count). The number of hydrogen-bond acceptors (Lipinski definition) is 5. The van der Waals surface area contributed by atoms with E-state index < -0.39 is 0 Å². The molecule has 0 saturated heterocycles. The van der Waals surface area contributed by atoms with Crippen LogP contribution in [0, 0.1) is 13.8 Å². The number of aromatic nitrogens is 4. The van der Waals surface area contributed by atoms with Crippen LogP contribution >= 0.6 is 0 Å². The average Bonchev–Trinajstić information content (AvgIpc) is 3.18. The first kappa shape index (κ1) is 15.0. The molecule has 0 radical (unpaired) electrons. The van der Waals surface area contributed by atoms with Crippen molar-refractivity contribution >= 4 is 11.9 Å². The summed E-state index contributed by atoms with van der Waals surface area (Å²) in [5.74, 6) is 0.0343. The van der Waals surface area contributed by atoms with Crippen molar-refractivity contribution in [3.63, 3.8) is 0 Å². The minimum Gasteiger partial charge on any atom is -0.403 e. The Balaban J connectivity index is 1.79. The van der Waals surface area contributed by atoms with E-state index in [0.717, 1.165) is 11.1 Å². The van der Waals surface area contributed by atoms with Crippen LogP contribution in [0.3, 0.4) is 0 Å². The highest BCUT2D eigenvalue weighted by Gasteiger charge is 2.15. The fourth-order valence-corrected chi connectivity index (χ4v) is 2.20. The van der Waals surface area contributed by atoms with Gasteiger partial charge in [0, 0.05) is 18.3 Å². The fourth-order valence-electron chi connectivity index (χ4n) is 2.20. The van der Waals surface area contributed by atoms with Gasteiger partial charge in [-0.15, -0.1) is 5.10 Å². The van der Waals surface area contributed by atoms with Crippen LogP contribution < -0.4 is 5.32 Å². The first-order valence-electron chi connectivity index (χ1n) is 7.32. The van der Waals surface area contributed by atoms with Gasteiger partial charge in [-0.1, -0.05) is 11.2 Å². The third kappa shape index (κ3) is 2.98. The number of amides is 1. The Kier molecular flexibility index (Phi) is 3.92.